The summed E-state index contributed by atoms with van der Waals surface area (Å²) in [5.41, 5.74) is 1.17. The van der Waals surface area contributed by atoms with Crippen molar-refractivity contribution in [3.8, 4) is 5.75 Å². The molecule has 1 N–H and O–H groups in total. The van der Waals surface area contributed by atoms with Crippen LogP contribution in [0.2, 0.25) is 0 Å². The Labute approximate surface area is 130 Å². The average molecular weight is 289 g/mol. The van der Waals surface area contributed by atoms with Gasteiger partial charge in [0.2, 0.25) is 0 Å². The summed E-state index contributed by atoms with van der Waals surface area (Å²) in [4.78, 5) is 0. The summed E-state index contributed by atoms with van der Waals surface area (Å²) in [6.45, 7) is 7.67. The molecule has 0 radical (unpaired) electrons. The first kappa shape index (κ1) is 16.2. The minimum absolute atomic E-state index is 0.597. The number of ether oxygens (including phenoxy) is 1. The Morgan fingerprint density at radius 1 is 1.14 bits per heavy atom. The lowest BCUT2D eigenvalue weighted by Gasteiger charge is -2.21. The van der Waals surface area contributed by atoms with Crippen LogP contribution < -0.4 is 10.1 Å². The van der Waals surface area contributed by atoms with Gasteiger partial charge in [-0.3, -0.25) is 0 Å². The van der Waals surface area contributed by atoms with E-state index in [2.05, 4.69) is 50.4 Å². The fourth-order valence-electron chi connectivity index (χ4n) is 3.29. The van der Waals surface area contributed by atoms with E-state index >= 15 is 0 Å². The van der Waals surface area contributed by atoms with Crippen LogP contribution in [0.3, 0.4) is 0 Å². The molecule has 1 aliphatic rings. The number of nitrogens with one attached hydrogen (secondary N) is 1. The maximum absolute atomic E-state index is 5.86. The Balaban J connectivity index is 1.95. The Morgan fingerprint density at radius 3 is 2.71 bits per heavy atom. The fraction of sp³-hybridized carbons (Fsp3) is 0.684. The van der Waals surface area contributed by atoms with Gasteiger partial charge in [-0.25, -0.2) is 0 Å². The summed E-state index contributed by atoms with van der Waals surface area (Å²) >= 11 is 0. The summed E-state index contributed by atoms with van der Waals surface area (Å²) in [5, 5.41) is 3.73. The van der Waals surface area contributed by atoms with Crippen molar-refractivity contribution in [1.82, 2.24) is 0 Å². The van der Waals surface area contributed by atoms with Crippen LogP contribution >= 0.6 is 0 Å². The van der Waals surface area contributed by atoms with Gasteiger partial charge in [-0.2, -0.15) is 0 Å². The highest BCUT2D eigenvalue weighted by Gasteiger charge is 2.21. The molecule has 1 aromatic rings. The monoisotopic (exact) mass is 289 g/mol. The SMILES string of the molecule is CCCOc1ccccc1NC1CCCC(C(C)C)CC1. The molecule has 2 unspecified atom stereocenters. The number of anilines is 1. The van der Waals surface area contributed by atoms with Gasteiger partial charge in [0.25, 0.3) is 0 Å². The van der Waals surface area contributed by atoms with Crippen molar-refractivity contribution < 1.29 is 4.74 Å². The highest BCUT2D eigenvalue weighted by Crippen LogP contribution is 2.32. The van der Waals surface area contributed by atoms with Gasteiger partial charge in [0.05, 0.1) is 12.3 Å². The van der Waals surface area contributed by atoms with Crippen LogP contribution in [0.15, 0.2) is 24.3 Å². The second-order valence-corrected chi connectivity index (χ2v) is 6.70. The highest BCUT2D eigenvalue weighted by atomic mass is 16.5. The summed E-state index contributed by atoms with van der Waals surface area (Å²) < 4.78 is 5.86. The van der Waals surface area contributed by atoms with Gasteiger partial charge in [0.15, 0.2) is 0 Å². The lowest BCUT2D eigenvalue weighted by atomic mass is 9.89. The van der Waals surface area contributed by atoms with Gasteiger partial charge >= 0.3 is 0 Å². The van der Waals surface area contributed by atoms with Crippen molar-refractivity contribution in [2.75, 3.05) is 11.9 Å². The third-order valence-corrected chi connectivity index (χ3v) is 4.66. The molecule has 0 amide bonds. The first-order valence-corrected chi connectivity index (χ1v) is 8.69. The zero-order valence-corrected chi connectivity index (χ0v) is 13.9. The first-order valence-electron chi connectivity index (χ1n) is 8.69. The van der Waals surface area contributed by atoms with Crippen LogP contribution in [0.25, 0.3) is 0 Å². The van der Waals surface area contributed by atoms with Gasteiger partial charge < -0.3 is 10.1 Å². The van der Waals surface area contributed by atoms with Crippen LogP contribution in [0.5, 0.6) is 5.75 Å². The van der Waals surface area contributed by atoms with E-state index in [9.17, 15) is 0 Å². The lowest BCUT2D eigenvalue weighted by Crippen LogP contribution is -2.19. The van der Waals surface area contributed by atoms with Gasteiger partial charge in [-0.1, -0.05) is 45.7 Å². The minimum Gasteiger partial charge on any atom is -0.491 e. The van der Waals surface area contributed by atoms with Gasteiger partial charge in [-0.05, 0) is 49.7 Å². The summed E-state index contributed by atoms with van der Waals surface area (Å²) in [5.74, 6) is 2.73. The van der Waals surface area contributed by atoms with Crippen LogP contribution in [-0.4, -0.2) is 12.6 Å². The van der Waals surface area contributed by atoms with E-state index in [1.807, 2.05) is 0 Å². The molecular weight excluding hydrogens is 258 g/mol. The zero-order chi connectivity index (χ0) is 15.1. The second-order valence-electron chi connectivity index (χ2n) is 6.70. The maximum atomic E-state index is 5.86. The zero-order valence-electron chi connectivity index (χ0n) is 13.9. The van der Waals surface area contributed by atoms with E-state index in [0.29, 0.717) is 6.04 Å². The van der Waals surface area contributed by atoms with Gasteiger partial charge in [-0.15, -0.1) is 0 Å². The Bertz CT molecular complexity index is 416. The third kappa shape index (κ3) is 4.94. The summed E-state index contributed by atoms with van der Waals surface area (Å²) in [6.07, 6.45) is 7.71. The predicted molar refractivity (Wildman–Crippen MR) is 91.1 cm³/mol. The van der Waals surface area contributed by atoms with Crippen LogP contribution in [0, 0.1) is 11.8 Å². The maximum Gasteiger partial charge on any atom is 0.142 e. The molecule has 2 nitrogen and oxygen atoms in total. The summed E-state index contributed by atoms with van der Waals surface area (Å²) in [6, 6.07) is 8.97. The van der Waals surface area contributed by atoms with Gasteiger partial charge in [0, 0.05) is 6.04 Å². The molecule has 118 valence electrons. The van der Waals surface area contributed by atoms with Crippen molar-refractivity contribution in [2.45, 2.75) is 65.3 Å². The van der Waals surface area contributed by atoms with Gasteiger partial charge in [0.1, 0.15) is 5.75 Å². The van der Waals surface area contributed by atoms with E-state index in [-0.39, 0.29) is 0 Å². The average Bonchev–Trinajstić information content (AvgIpc) is 2.72. The van der Waals surface area contributed by atoms with E-state index in [4.69, 9.17) is 4.74 Å². The van der Waals surface area contributed by atoms with Crippen molar-refractivity contribution in [1.29, 1.82) is 0 Å². The molecule has 0 bridgehead atoms. The fourth-order valence-corrected chi connectivity index (χ4v) is 3.29. The molecule has 2 rings (SSSR count). The molecule has 0 heterocycles. The standard InChI is InChI=1S/C19H31NO/c1-4-14-21-19-11-6-5-10-18(19)20-17-9-7-8-16(12-13-17)15(2)3/h5-6,10-11,15-17,20H,4,7-9,12-14H2,1-3H3. The number of hydrogen-bond donors (Lipinski definition) is 1. The quantitative estimate of drug-likeness (QED) is 0.699. The molecule has 0 aromatic heterocycles. The van der Waals surface area contributed by atoms with E-state index < -0.39 is 0 Å². The molecule has 1 fully saturated rings. The molecular formula is C19H31NO. The molecule has 2 heteroatoms. The molecule has 1 saturated carbocycles. The molecule has 1 aliphatic carbocycles. The first-order chi connectivity index (χ1) is 10.2. The van der Waals surface area contributed by atoms with Crippen molar-refractivity contribution in [3.05, 3.63) is 24.3 Å². The lowest BCUT2D eigenvalue weighted by molar-refractivity contribution is 0.318. The largest absolute Gasteiger partial charge is 0.491 e. The van der Waals surface area contributed by atoms with Crippen molar-refractivity contribution >= 4 is 5.69 Å². The normalized spacial score (nSPS) is 22.9. The Hall–Kier alpha value is -1.18. The van der Waals surface area contributed by atoms with Crippen LogP contribution in [-0.2, 0) is 0 Å². The molecule has 2 atom stereocenters. The van der Waals surface area contributed by atoms with Crippen molar-refractivity contribution in [3.63, 3.8) is 0 Å². The highest BCUT2D eigenvalue weighted by molar-refractivity contribution is 5.56. The van der Waals surface area contributed by atoms with E-state index in [1.54, 1.807) is 0 Å². The Morgan fingerprint density at radius 2 is 1.95 bits per heavy atom. The Kier molecular flexibility index (Phi) is 6.41. The topological polar surface area (TPSA) is 21.3 Å². The predicted octanol–water partition coefficient (Wildman–Crippen LogP) is 5.49. The minimum atomic E-state index is 0.597. The second kappa shape index (κ2) is 8.31. The third-order valence-electron chi connectivity index (χ3n) is 4.66. The number of benzene rings is 1. The number of hydrogen-bond acceptors (Lipinski definition) is 2. The molecule has 21 heavy (non-hydrogen) atoms. The van der Waals surface area contributed by atoms with E-state index in [1.165, 1.54) is 37.8 Å². The van der Waals surface area contributed by atoms with E-state index in [0.717, 1.165) is 30.6 Å². The smallest absolute Gasteiger partial charge is 0.142 e. The van der Waals surface area contributed by atoms with Crippen LogP contribution in [0.4, 0.5) is 5.69 Å². The van der Waals surface area contributed by atoms with Crippen molar-refractivity contribution in [2.24, 2.45) is 11.8 Å². The molecule has 0 saturated heterocycles. The number of rotatable bonds is 6. The molecule has 0 spiro atoms. The molecule has 0 aliphatic heterocycles. The van der Waals surface area contributed by atoms with Crippen LogP contribution in [0.1, 0.15) is 59.3 Å². The summed E-state index contributed by atoms with van der Waals surface area (Å²) in [7, 11) is 0. The molecule has 1 aromatic carbocycles. The number of para-hydroxylation sites is 2.